The standard InChI is InChI=1S/C11H11NO3/c12-8-1-2-9-7(5-11(13)14)3-4-15-10(9)6-8/h1-2,5-6H,3-4,12H2,(H,13,14)/b7-5-. The van der Waals surface area contributed by atoms with Gasteiger partial charge in [-0.05, 0) is 17.7 Å². The predicted molar refractivity (Wildman–Crippen MR) is 56.6 cm³/mol. The molecule has 4 heteroatoms. The second kappa shape index (κ2) is 3.65. The van der Waals surface area contributed by atoms with E-state index in [1.165, 1.54) is 6.08 Å². The Balaban J connectivity index is 2.47. The summed E-state index contributed by atoms with van der Waals surface area (Å²) < 4.78 is 5.40. The zero-order valence-electron chi connectivity index (χ0n) is 8.06. The Hall–Kier alpha value is -1.97. The number of carboxylic acid groups (broad SMARTS) is 1. The quantitative estimate of drug-likeness (QED) is 0.538. The second-order valence-electron chi connectivity index (χ2n) is 3.36. The van der Waals surface area contributed by atoms with Gasteiger partial charge in [0.25, 0.3) is 0 Å². The van der Waals surface area contributed by atoms with Crippen molar-refractivity contribution < 1.29 is 14.6 Å². The van der Waals surface area contributed by atoms with Gasteiger partial charge in [-0.2, -0.15) is 0 Å². The predicted octanol–water partition coefficient (Wildman–Crippen LogP) is 1.52. The summed E-state index contributed by atoms with van der Waals surface area (Å²) in [6.07, 6.45) is 1.83. The monoisotopic (exact) mass is 205 g/mol. The highest BCUT2D eigenvalue weighted by Crippen LogP contribution is 2.33. The lowest BCUT2D eigenvalue weighted by molar-refractivity contribution is -0.131. The van der Waals surface area contributed by atoms with Crippen molar-refractivity contribution in [2.45, 2.75) is 6.42 Å². The Bertz CT molecular complexity index is 437. The van der Waals surface area contributed by atoms with Crippen LogP contribution in [-0.4, -0.2) is 17.7 Å². The Morgan fingerprint density at radius 1 is 1.53 bits per heavy atom. The first-order valence-corrected chi connectivity index (χ1v) is 4.63. The molecule has 0 spiro atoms. The molecule has 1 aliphatic heterocycles. The van der Waals surface area contributed by atoms with Gasteiger partial charge in [0.15, 0.2) is 0 Å². The van der Waals surface area contributed by atoms with Crippen molar-refractivity contribution in [1.82, 2.24) is 0 Å². The van der Waals surface area contributed by atoms with E-state index < -0.39 is 5.97 Å². The Morgan fingerprint density at radius 2 is 2.33 bits per heavy atom. The summed E-state index contributed by atoms with van der Waals surface area (Å²) in [5.74, 6) is -0.275. The fourth-order valence-corrected chi connectivity index (χ4v) is 1.63. The first-order chi connectivity index (χ1) is 7.16. The van der Waals surface area contributed by atoms with Gasteiger partial charge in [0.1, 0.15) is 5.75 Å². The minimum atomic E-state index is -0.935. The number of aliphatic carboxylic acids is 1. The molecule has 78 valence electrons. The van der Waals surface area contributed by atoms with Gasteiger partial charge in [-0.15, -0.1) is 0 Å². The molecule has 1 aromatic rings. The van der Waals surface area contributed by atoms with Gasteiger partial charge >= 0.3 is 5.97 Å². The van der Waals surface area contributed by atoms with Crippen molar-refractivity contribution in [2.75, 3.05) is 12.3 Å². The van der Waals surface area contributed by atoms with E-state index in [9.17, 15) is 4.79 Å². The lowest BCUT2D eigenvalue weighted by Gasteiger charge is -2.19. The average molecular weight is 205 g/mol. The number of nitrogen functional groups attached to an aromatic ring is 1. The molecule has 0 radical (unpaired) electrons. The Labute approximate surface area is 87.0 Å². The maximum Gasteiger partial charge on any atom is 0.328 e. The summed E-state index contributed by atoms with van der Waals surface area (Å²) in [7, 11) is 0. The molecule has 0 unspecified atom stereocenters. The Kier molecular flexibility index (Phi) is 2.33. The number of carbonyl (C=O) groups is 1. The molecular formula is C11H11NO3. The van der Waals surface area contributed by atoms with Gasteiger partial charge in [0.05, 0.1) is 6.61 Å². The number of rotatable bonds is 1. The summed E-state index contributed by atoms with van der Waals surface area (Å²) >= 11 is 0. The zero-order valence-corrected chi connectivity index (χ0v) is 8.06. The molecule has 0 bridgehead atoms. The first kappa shape index (κ1) is 9.58. The average Bonchev–Trinajstić information content (AvgIpc) is 2.16. The van der Waals surface area contributed by atoms with Gasteiger partial charge < -0.3 is 15.6 Å². The van der Waals surface area contributed by atoms with Crippen LogP contribution in [0.1, 0.15) is 12.0 Å². The molecule has 0 saturated carbocycles. The fourth-order valence-electron chi connectivity index (χ4n) is 1.63. The van der Waals surface area contributed by atoms with E-state index in [4.69, 9.17) is 15.6 Å². The molecule has 1 aromatic carbocycles. The number of hydrogen-bond acceptors (Lipinski definition) is 3. The number of benzene rings is 1. The SMILES string of the molecule is Nc1ccc2c(c1)OCC/C2=C/C(=O)O. The molecule has 4 nitrogen and oxygen atoms in total. The molecule has 0 saturated heterocycles. The fraction of sp³-hybridized carbons (Fsp3) is 0.182. The highest BCUT2D eigenvalue weighted by molar-refractivity contribution is 5.91. The van der Waals surface area contributed by atoms with Crippen molar-refractivity contribution in [2.24, 2.45) is 0 Å². The number of ether oxygens (including phenoxy) is 1. The number of anilines is 1. The lowest BCUT2D eigenvalue weighted by atomic mass is 9.99. The molecule has 0 aliphatic carbocycles. The van der Waals surface area contributed by atoms with Gasteiger partial charge in [0, 0.05) is 29.8 Å². The molecule has 15 heavy (non-hydrogen) atoms. The molecular weight excluding hydrogens is 194 g/mol. The summed E-state index contributed by atoms with van der Waals surface area (Å²) in [5.41, 5.74) is 7.83. The largest absolute Gasteiger partial charge is 0.493 e. The highest BCUT2D eigenvalue weighted by Gasteiger charge is 2.16. The topological polar surface area (TPSA) is 72.5 Å². The van der Waals surface area contributed by atoms with Crippen LogP contribution in [0.3, 0.4) is 0 Å². The molecule has 2 rings (SSSR count). The van der Waals surface area contributed by atoms with E-state index in [1.807, 2.05) is 0 Å². The van der Waals surface area contributed by atoms with Crippen LogP contribution in [0.25, 0.3) is 5.57 Å². The van der Waals surface area contributed by atoms with Crippen LogP contribution in [0.4, 0.5) is 5.69 Å². The molecule has 0 amide bonds. The smallest absolute Gasteiger partial charge is 0.328 e. The van der Waals surface area contributed by atoms with Crippen LogP contribution in [-0.2, 0) is 4.79 Å². The summed E-state index contributed by atoms with van der Waals surface area (Å²) in [5, 5.41) is 8.70. The maximum atomic E-state index is 10.6. The van der Waals surface area contributed by atoms with Gasteiger partial charge in [-0.1, -0.05) is 0 Å². The van der Waals surface area contributed by atoms with Crippen LogP contribution in [0, 0.1) is 0 Å². The van der Waals surface area contributed by atoms with Crippen molar-refractivity contribution in [3.05, 3.63) is 29.8 Å². The second-order valence-corrected chi connectivity index (χ2v) is 3.36. The lowest BCUT2D eigenvalue weighted by Crippen LogP contribution is -2.09. The molecule has 0 fully saturated rings. The zero-order chi connectivity index (χ0) is 10.8. The number of carboxylic acids is 1. The van der Waals surface area contributed by atoms with E-state index in [0.717, 1.165) is 11.1 Å². The minimum absolute atomic E-state index is 0.496. The first-order valence-electron chi connectivity index (χ1n) is 4.63. The summed E-state index contributed by atoms with van der Waals surface area (Å²) in [6, 6.07) is 5.24. The van der Waals surface area contributed by atoms with E-state index in [0.29, 0.717) is 24.5 Å². The van der Waals surface area contributed by atoms with Crippen LogP contribution in [0.5, 0.6) is 5.75 Å². The third kappa shape index (κ3) is 1.93. The maximum absolute atomic E-state index is 10.6. The van der Waals surface area contributed by atoms with Crippen LogP contribution in [0.15, 0.2) is 24.3 Å². The van der Waals surface area contributed by atoms with E-state index in [2.05, 4.69) is 0 Å². The molecule has 1 aliphatic rings. The van der Waals surface area contributed by atoms with Crippen molar-refractivity contribution in [1.29, 1.82) is 0 Å². The summed E-state index contributed by atoms with van der Waals surface area (Å²) in [6.45, 7) is 0.496. The molecule has 1 heterocycles. The van der Waals surface area contributed by atoms with Crippen molar-refractivity contribution in [3.8, 4) is 5.75 Å². The van der Waals surface area contributed by atoms with Gasteiger partial charge in [0.2, 0.25) is 0 Å². The third-order valence-corrected chi connectivity index (χ3v) is 2.28. The third-order valence-electron chi connectivity index (χ3n) is 2.28. The normalized spacial score (nSPS) is 16.9. The molecule has 0 atom stereocenters. The Morgan fingerprint density at radius 3 is 3.07 bits per heavy atom. The van der Waals surface area contributed by atoms with Crippen LogP contribution >= 0.6 is 0 Å². The van der Waals surface area contributed by atoms with Crippen LogP contribution in [0.2, 0.25) is 0 Å². The highest BCUT2D eigenvalue weighted by atomic mass is 16.5. The molecule has 0 aromatic heterocycles. The summed E-state index contributed by atoms with van der Waals surface area (Å²) in [4.78, 5) is 10.6. The van der Waals surface area contributed by atoms with E-state index >= 15 is 0 Å². The number of nitrogens with two attached hydrogens (primary N) is 1. The van der Waals surface area contributed by atoms with Gasteiger partial charge in [-0.25, -0.2) is 4.79 Å². The van der Waals surface area contributed by atoms with E-state index in [-0.39, 0.29) is 0 Å². The van der Waals surface area contributed by atoms with Crippen LogP contribution < -0.4 is 10.5 Å². The molecule has 3 N–H and O–H groups in total. The van der Waals surface area contributed by atoms with Gasteiger partial charge in [-0.3, -0.25) is 0 Å². The minimum Gasteiger partial charge on any atom is -0.493 e. The van der Waals surface area contributed by atoms with Crippen molar-refractivity contribution >= 4 is 17.2 Å². The van der Waals surface area contributed by atoms with Crippen molar-refractivity contribution in [3.63, 3.8) is 0 Å². The number of hydrogen-bond donors (Lipinski definition) is 2. The number of fused-ring (bicyclic) bond motifs is 1. The van der Waals surface area contributed by atoms with E-state index in [1.54, 1.807) is 18.2 Å².